The Kier molecular flexibility index (Phi) is 5.01. The third-order valence-corrected chi connectivity index (χ3v) is 4.68. The lowest BCUT2D eigenvalue weighted by atomic mass is 10.2. The Balaban J connectivity index is 1.44. The van der Waals surface area contributed by atoms with Crippen LogP contribution < -0.4 is 5.32 Å². The van der Waals surface area contributed by atoms with Gasteiger partial charge >= 0.3 is 6.03 Å². The molecule has 0 spiro atoms. The van der Waals surface area contributed by atoms with Crippen molar-refractivity contribution in [1.29, 1.82) is 0 Å². The van der Waals surface area contributed by atoms with Crippen LogP contribution in [0.1, 0.15) is 30.3 Å². The summed E-state index contributed by atoms with van der Waals surface area (Å²) in [5.41, 5.74) is 1.32. The highest BCUT2D eigenvalue weighted by molar-refractivity contribution is 5.75. The van der Waals surface area contributed by atoms with Crippen molar-refractivity contribution in [2.45, 2.75) is 25.4 Å². The Morgan fingerprint density at radius 1 is 1.18 bits per heavy atom. The zero-order chi connectivity index (χ0) is 19.5. The molecule has 2 aromatic carbocycles. The number of amides is 2. The third-order valence-electron chi connectivity index (χ3n) is 4.68. The van der Waals surface area contributed by atoms with Gasteiger partial charge in [-0.25, -0.2) is 13.6 Å². The van der Waals surface area contributed by atoms with Crippen molar-refractivity contribution < 1.29 is 18.1 Å². The number of likely N-dealkylation sites (tertiary alicyclic amines) is 1. The average Bonchev–Trinajstić information content (AvgIpc) is 3.36. The summed E-state index contributed by atoms with van der Waals surface area (Å²) in [6, 6.07) is 11.3. The highest BCUT2D eigenvalue weighted by atomic mass is 19.1. The van der Waals surface area contributed by atoms with E-state index in [-0.39, 0.29) is 29.5 Å². The lowest BCUT2D eigenvalue weighted by Gasteiger charge is -2.22. The average molecular weight is 384 g/mol. The fraction of sp³-hybridized carbons (Fsp3) is 0.250. The van der Waals surface area contributed by atoms with E-state index in [9.17, 15) is 13.6 Å². The van der Waals surface area contributed by atoms with Gasteiger partial charge in [0.2, 0.25) is 11.7 Å². The number of urea groups is 1. The molecular weight excluding hydrogens is 366 g/mol. The maximum Gasteiger partial charge on any atom is 0.318 e. The van der Waals surface area contributed by atoms with E-state index in [4.69, 9.17) is 4.52 Å². The Bertz CT molecular complexity index is 974. The maximum absolute atomic E-state index is 13.4. The van der Waals surface area contributed by atoms with Crippen molar-refractivity contribution in [3.8, 4) is 11.4 Å². The van der Waals surface area contributed by atoms with Crippen molar-refractivity contribution >= 4 is 6.03 Å². The predicted octanol–water partition coefficient (Wildman–Crippen LogP) is 4.06. The number of carbonyl (C=O) groups excluding carboxylic acids is 1. The third kappa shape index (κ3) is 3.85. The van der Waals surface area contributed by atoms with E-state index in [1.165, 1.54) is 24.3 Å². The van der Waals surface area contributed by atoms with Gasteiger partial charge in [0.05, 0.1) is 0 Å². The number of benzene rings is 2. The van der Waals surface area contributed by atoms with Crippen LogP contribution in [0.3, 0.4) is 0 Å². The number of halogens is 2. The summed E-state index contributed by atoms with van der Waals surface area (Å²) >= 11 is 0. The lowest BCUT2D eigenvalue weighted by molar-refractivity contribution is 0.180. The summed E-state index contributed by atoms with van der Waals surface area (Å²) in [6.45, 7) is 0.859. The Morgan fingerprint density at radius 2 is 2.00 bits per heavy atom. The van der Waals surface area contributed by atoms with Gasteiger partial charge in [0.25, 0.3) is 0 Å². The normalized spacial score (nSPS) is 16.4. The maximum atomic E-state index is 13.4. The molecule has 8 heteroatoms. The Labute approximate surface area is 160 Å². The van der Waals surface area contributed by atoms with E-state index in [2.05, 4.69) is 15.5 Å². The van der Waals surface area contributed by atoms with Crippen molar-refractivity contribution in [3.63, 3.8) is 0 Å². The summed E-state index contributed by atoms with van der Waals surface area (Å²) in [7, 11) is 0. The largest absolute Gasteiger partial charge is 0.337 e. The van der Waals surface area contributed by atoms with Gasteiger partial charge in [-0.15, -0.1) is 0 Å². The molecule has 1 fully saturated rings. The monoisotopic (exact) mass is 384 g/mol. The van der Waals surface area contributed by atoms with Gasteiger partial charge in [-0.05, 0) is 42.7 Å². The van der Waals surface area contributed by atoms with E-state index in [1.807, 2.05) is 0 Å². The number of carbonyl (C=O) groups is 1. The first kappa shape index (κ1) is 18.1. The fourth-order valence-electron chi connectivity index (χ4n) is 3.26. The lowest BCUT2D eigenvalue weighted by Crippen LogP contribution is -2.39. The number of rotatable bonds is 4. The molecule has 2 amide bonds. The van der Waals surface area contributed by atoms with E-state index < -0.39 is 0 Å². The molecule has 1 atom stereocenters. The molecule has 2 heterocycles. The first-order valence-electron chi connectivity index (χ1n) is 8.98. The van der Waals surface area contributed by atoms with E-state index in [1.54, 1.807) is 29.2 Å². The van der Waals surface area contributed by atoms with E-state index in [0.717, 1.165) is 12.0 Å². The van der Waals surface area contributed by atoms with Gasteiger partial charge < -0.3 is 14.7 Å². The van der Waals surface area contributed by atoms with Gasteiger partial charge in [-0.1, -0.05) is 29.4 Å². The number of hydrogen-bond donors (Lipinski definition) is 1. The van der Waals surface area contributed by atoms with Crippen molar-refractivity contribution in [3.05, 3.63) is 71.6 Å². The summed E-state index contributed by atoms with van der Waals surface area (Å²) in [4.78, 5) is 18.6. The van der Waals surface area contributed by atoms with Crippen LogP contribution in [0.15, 0.2) is 53.1 Å². The summed E-state index contributed by atoms with van der Waals surface area (Å²) in [5.74, 6) is -0.0894. The Morgan fingerprint density at radius 3 is 2.79 bits per heavy atom. The molecule has 0 radical (unpaired) electrons. The molecule has 0 aliphatic carbocycles. The summed E-state index contributed by atoms with van der Waals surface area (Å²) in [5, 5.41) is 6.75. The van der Waals surface area contributed by atoms with E-state index in [0.29, 0.717) is 31.0 Å². The minimum absolute atomic E-state index is 0.252. The highest BCUT2D eigenvalue weighted by Crippen LogP contribution is 2.32. The van der Waals surface area contributed by atoms with E-state index >= 15 is 0 Å². The predicted molar refractivity (Wildman–Crippen MR) is 97.0 cm³/mol. The van der Waals surface area contributed by atoms with Crippen molar-refractivity contribution in [1.82, 2.24) is 20.4 Å². The summed E-state index contributed by atoms with van der Waals surface area (Å²) < 4.78 is 31.7. The van der Waals surface area contributed by atoms with Crippen LogP contribution in [0, 0.1) is 11.6 Å². The molecule has 1 aromatic heterocycles. The second-order valence-corrected chi connectivity index (χ2v) is 6.60. The second kappa shape index (κ2) is 7.75. The van der Waals surface area contributed by atoms with Crippen LogP contribution in [-0.4, -0.2) is 27.6 Å². The smallest absolute Gasteiger partial charge is 0.318 e. The quantitative estimate of drug-likeness (QED) is 0.736. The number of hydrogen-bond acceptors (Lipinski definition) is 4. The Hall–Kier alpha value is -3.29. The molecule has 144 valence electrons. The van der Waals surface area contributed by atoms with Crippen LogP contribution in [0.4, 0.5) is 13.6 Å². The number of nitrogens with zero attached hydrogens (tertiary/aromatic N) is 3. The van der Waals surface area contributed by atoms with Gasteiger partial charge in [0, 0.05) is 18.7 Å². The van der Waals surface area contributed by atoms with Crippen LogP contribution in [0.2, 0.25) is 0 Å². The molecule has 3 aromatic rings. The number of nitrogens with one attached hydrogen (secondary N) is 1. The van der Waals surface area contributed by atoms with Crippen LogP contribution in [0.5, 0.6) is 0 Å². The molecule has 6 nitrogen and oxygen atoms in total. The van der Waals surface area contributed by atoms with Crippen LogP contribution in [0.25, 0.3) is 11.4 Å². The standard InChI is InChI=1S/C20H18F2N4O2/c21-15-8-6-13(7-9-15)12-23-20(27)26-10-2-5-17(26)19-24-18(25-28-19)14-3-1-4-16(22)11-14/h1,3-4,6-9,11,17H,2,5,10,12H2,(H,23,27)/t17-/m0/s1. The van der Waals surface area contributed by atoms with Crippen LogP contribution >= 0.6 is 0 Å². The highest BCUT2D eigenvalue weighted by Gasteiger charge is 2.34. The zero-order valence-corrected chi connectivity index (χ0v) is 14.9. The minimum atomic E-state index is -0.383. The first-order valence-corrected chi connectivity index (χ1v) is 8.98. The minimum Gasteiger partial charge on any atom is -0.337 e. The molecular formula is C20H18F2N4O2. The number of aromatic nitrogens is 2. The molecule has 1 aliphatic rings. The molecule has 1 N–H and O–H groups in total. The summed E-state index contributed by atoms with van der Waals surface area (Å²) in [6.07, 6.45) is 1.51. The van der Waals surface area contributed by atoms with Gasteiger partial charge in [0.15, 0.2) is 0 Å². The second-order valence-electron chi connectivity index (χ2n) is 6.60. The molecule has 1 aliphatic heterocycles. The molecule has 0 unspecified atom stereocenters. The molecule has 0 bridgehead atoms. The topological polar surface area (TPSA) is 71.3 Å². The molecule has 4 rings (SSSR count). The van der Waals surface area contributed by atoms with Gasteiger partial charge in [0.1, 0.15) is 17.7 Å². The molecule has 0 saturated carbocycles. The molecule has 28 heavy (non-hydrogen) atoms. The van der Waals surface area contributed by atoms with Crippen molar-refractivity contribution in [2.24, 2.45) is 0 Å². The van der Waals surface area contributed by atoms with Crippen molar-refractivity contribution in [2.75, 3.05) is 6.54 Å². The molecule has 1 saturated heterocycles. The van der Waals surface area contributed by atoms with Gasteiger partial charge in [-0.2, -0.15) is 4.98 Å². The SMILES string of the molecule is O=C(NCc1ccc(F)cc1)N1CCC[C@H]1c1nc(-c2cccc(F)c2)no1. The fourth-order valence-corrected chi connectivity index (χ4v) is 3.26. The van der Waals surface area contributed by atoms with Crippen LogP contribution in [-0.2, 0) is 6.54 Å². The zero-order valence-electron chi connectivity index (χ0n) is 14.9. The van der Waals surface area contributed by atoms with Gasteiger partial charge in [-0.3, -0.25) is 0 Å². The first-order chi connectivity index (χ1) is 13.6.